The molecule has 1 aliphatic carbocycles. The van der Waals surface area contributed by atoms with Crippen molar-refractivity contribution in [3.05, 3.63) is 58.7 Å². The molecule has 0 heterocycles. The second-order valence-electron chi connectivity index (χ2n) is 8.59. The monoisotopic (exact) mass is 504 g/mol. The lowest BCUT2D eigenvalue weighted by molar-refractivity contribution is 0.0980. The minimum absolute atomic E-state index is 0. The Kier molecular flexibility index (Phi) is 11.6. The van der Waals surface area contributed by atoms with Crippen molar-refractivity contribution in [3.63, 3.8) is 0 Å². The van der Waals surface area contributed by atoms with Gasteiger partial charge in [0.25, 0.3) is 0 Å². The molecule has 0 aliphatic heterocycles. The highest BCUT2D eigenvalue weighted by atomic mass is 35.5. The quantitative estimate of drug-likeness (QED) is 0.185. The van der Waals surface area contributed by atoms with Crippen molar-refractivity contribution in [2.24, 2.45) is 0 Å². The van der Waals surface area contributed by atoms with E-state index in [1.165, 1.54) is 0 Å². The Morgan fingerprint density at radius 3 is 1.46 bits per heavy atom. The van der Waals surface area contributed by atoms with Gasteiger partial charge in [-0.2, -0.15) is 0 Å². The zero-order valence-electron chi connectivity index (χ0n) is 20.4. The van der Waals surface area contributed by atoms with Gasteiger partial charge >= 0.3 is 0 Å². The van der Waals surface area contributed by atoms with Crippen LogP contribution in [0.2, 0.25) is 0 Å². The third-order valence-electron chi connectivity index (χ3n) is 5.75. The minimum atomic E-state index is -0.646. The molecule has 1 aliphatic rings. The molecular weight excluding hydrogens is 468 g/mol. The predicted octanol–water partition coefficient (Wildman–Crippen LogP) is 2.43. The number of benzene rings is 2. The standard InChI is InChI=1S/C26H36N4O4.ClH/c1-3-11-27-13-17(31)15-29-21-9-10-22(30-16-18(32)14-28-12-4-2)24-23(21)25(33)19-7-5-6-8-20(19)26(24)34;/h5-10,17-18,27-32H,3-4,11-16H2,1-2H3;1H. The molecule has 2 aromatic carbocycles. The van der Waals surface area contributed by atoms with Crippen molar-refractivity contribution in [2.75, 3.05) is 49.9 Å². The zero-order chi connectivity index (χ0) is 24.5. The van der Waals surface area contributed by atoms with Gasteiger partial charge in [0, 0.05) is 48.7 Å². The van der Waals surface area contributed by atoms with Gasteiger partial charge < -0.3 is 31.5 Å². The molecule has 0 radical (unpaired) electrons. The Labute approximate surface area is 213 Å². The van der Waals surface area contributed by atoms with Crippen LogP contribution >= 0.6 is 12.4 Å². The smallest absolute Gasteiger partial charge is 0.196 e. The van der Waals surface area contributed by atoms with Crippen LogP contribution in [0.4, 0.5) is 11.4 Å². The number of aliphatic hydroxyl groups excluding tert-OH is 2. The van der Waals surface area contributed by atoms with E-state index in [1.54, 1.807) is 36.4 Å². The normalized spacial score (nSPS) is 13.9. The van der Waals surface area contributed by atoms with Crippen LogP contribution in [0.15, 0.2) is 36.4 Å². The number of rotatable bonds is 14. The number of halogens is 1. The third kappa shape index (κ3) is 7.25. The largest absolute Gasteiger partial charge is 0.390 e. The fraction of sp³-hybridized carbons (Fsp3) is 0.462. The van der Waals surface area contributed by atoms with E-state index in [-0.39, 0.29) is 37.1 Å². The van der Waals surface area contributed by atoms with Crippen LogP contribution in [0.25, 0.3) is 0 Å². The van der Waals surface area contributed by atoms with Gasteiger partial charge in [0.15, 0.2) is 11.6 Å². The van der Waals surface area contributed by atoms with E-state index in [0.717, 1.165) is 25.9 Å². The first kappa shape index (κ1) is 28.7. The van der Waals surface area contributed by atoms with Crippen molar-refractivity contribution in [3.8, 4) is 0 Å². The highest BCUT2D eigenvalue weighted by Gasteiger charge is 2.34. The average molecular weight is 505 g/mol. The van der Waals surface area contributed by atoms with E-state index >= 15 is 0 Å². The summed E-state index contributed by atoms with van der Waals surface area (Å²) in [6, 6.07) is 10.3. The number of fused-ring (bicyclic) bond motifs is 2. The summed E-state index contributed by atoms with van der Waals surface area (Å²) < 4.78 is 0. The van der Waals surface area contributed by atoms with Gasteiger partial charge in [-0.3, -0.25) is 9.59 Å². The molecule has 3 rings (SSSR count). The van der Waals surface area contributed by atoms with Crippen LogP contribution in [0.1, 0.15) is 58.5 Å². The number of hydrogen-bond donors (Lipinski definition) is 6. The van der Waals surface area contributed by atoms with Crippen molar-refractivity contribution in [1.82, 2.24) is 10.6 Å². The number of ketones is 2. The molecule has 0 amide bonds. The molecule has 9 heteroatoms. The highest BCUT2D eigenvalue weighted by molar-refractivity contribution is 6.31. The van der Waals surface area contributed by atoms with Crippen molar-refractivity contribution >= 4 is 35.3 Å². The Morgan fingerprint density at radius 2 is 1.09 bits per heavy atom. The lowest BCUT2D eigenvalue weighted by Crippen LogP contribution is -2.34. The highest BCUT2D eigenvalue weighted by Crippen LogP contribution is 2.36. The molecule has 0 saturated heterocycles. The van der Waals surface area contributed by atoms with Gasteiger partial charge in [-0.15, -0.1) is 12.4 Å². The van der Waals surface area contributed by atoms with E-state index in [2.05, 4.69) is 35.1 Å². The molecule has 0 bridgehead atoms. The number of carbonyl (C=O) groups excluding carboxylic acids is 2. The first-order valence-electron chi connectivity index (χ1n) is 12.1. The Balaban J connectivity index is 0.00000432. The number of anilines is 2. The Hall–Kier alpha value is -2.49. The molecule has 35 heavy (non-hydrogen) atoms. The van der Waals surface area contributed by atoms with Crippen LogP contribution < -0.4 is 21.3 Å². The van der Waals surface area contributed by atoms with Crippen molar-refractivity contribution in [2.45, 2.75) is 38.9 Å². The lowest BCUT2D eigenvalue weighted by Gasteiger charge is -2.25. The topological polar surface area (TPSA) is 123 Å². The van der Waals surface area contributed by atoms with Crippen LogP contribution in [-0.4, -0.2) is 73.3 Å². The van der Waals surface area contributed by atoms with Crippen molar-refractivity contribution in [1.29, 1.82) is 0 Å². The van der Waals surface area contributed by atoms with E-state index in [1.807, 2.05) is 0 Å². The van der Waals surface area contributed by atoms with Gasteiger partial charge in [0.05, 0.1) is 23.3 Å². The maximum Gasteiger partial charge on any atom is 0.196 e. The summed E-state index contributed by atoms with van der Waals surface area (Å²) in [4.78, 5) is 26.9. The molecule has 2 aromatic rings. The third-order valence-corrected chi connectivity index (χ3v) is 5.75. The maximum atomic E-state index is 13.4. The molecule has 8 nitrogen and oxygen atoms in total. The fourth-order valence-electron chi connectivity index (χ4n) is 4.01. The molecule has 192 valence electrons. The number of carbonyl (C=O) groups is 2. The molecular formula is C26H37ClN4O4. The molecule has 6 N–H and O–H groups in total. The summed E-state index contributed by atoms with van der Waals surface area (Å²) in [5.74, 6) is -0.472. The summed E-state index contributed by atoms with van der Waals surface area (Å²) in [5.41, 5.74) is 2.34. The number of hydrogen-bond acceptors (Lipinski definition) is 8. The number of aliphatic hydroxyl groups is 2. The van der Waals surface area contributed by atoms with Gasteiger partial charge in [-0.25, -0.2) is 0 Å². The SMILES string of the molecule is CCCNCC(O)CNc1ccc(NCC(O)CNCCC)c2c1C(=O)c1ccccc1C2=O.Cl. The summed E-state index contributed by atoms with van der Waals surface area (Å²) in [7, 11) is 0. The molecule has 0 aromatic heterocycles. The molecule has 0 fully saturated rings. The second-order valence-corrected chi connectivity index (χ2v) is 8.59. The maximum absolute atomic E-state index is 13.4. The van der Waals surface area contributed by atoms with Gasteiger partial charge in [0.1, 0.15) is 0 Å². The summed E-state index contributed by atoms with van der Waals surface area (Å²) >= 11 is 0. The Morgan fingerprint density at radius 1 is 0.686 bits per heavy atom. The average Bonchev–Trinajstić information content (AvgIpc) is 2.85. The van der Waals surface area contributed by atoms with E-state index in [9.17, 15) is 19.8 Å². The van der Waals surface area contributed by atoms with Crippen LogP contribution in [0.3, 0.4) is 0 Å². The lowest BCUT2D eigenvalue weighted by atomic mass is 9.82. The van der Waals surface area contributed by atoms with E-state index in [0.29, 0.717) is 46.7 Å². The first-order valence-corrected chi connectivity index (χ1v) is 12.1. The molecule has 2 atom stereocenters. The van der Waals surface area contributed by atoms with Crippen LogP contribution in [0, 0.1) is 0 Å². The van der Waals surface area contributed by atoms with Gasteiger partial charge in [-0.05, 0) is 38.1 Å². The van der Waals surface area contributed by atoms with Crippen LogP contribution in [-0.2, 0) is 0 Å². The van der Waals surface area contributed by atoms with Gasteiger partial charge in [-0.1, -0.05) is 38.1 Å². The van der Waals surface area contributed by atoms with E-state index < -0.39 is 12.2 Å². The molecule has 0 saturated carbocycles. The Bertz CT molecular complexity index is 923. The van der Waals surface area contributed by atoms with Crippen LogP contribution in [0.5, 0.6) is 0 Å². The zero-order valence-corrected chi connectivity index (χ0v) is 21.2. The second kappa shape index (κ2) is 14.2. The van der Waals surface area contributed by atoms with E-state index in [4.69, 9.17) is 0 Å². The summed E-state index contributed by atoms with van der Waals surface area (Å²) in [6.45, 7) is 7.08. The fourth-order valence-corrected chi connectivity index (χ4v) is 4.01. The number of nitrogens with one attached hydrogen (secondary N) is 4. The minimum Gasteiger partial charge on any atom is -0.390 e. The predicted molar refractivity (Wildman–Crippen MR) is 142 cm³/mol. The molecule has 0 spiro atoms. The first-order chi connectivity index (χ1) is 16.5. The molecule has 2 unspecified atom stereocenters. The summed E-state index contributed by atoms with van der Waals surface area (Å²) in [6.07, 6.45) is 0.656. The summed E-state index contributed by atoms with van der Waals surface area (Å²) in [5, 5.41) is 33.2. The van der Waals surface area contributed by atoms with Crippen molar-refractivity contribution < 1.29 is 19.8 Å². The van der Waals surface area contributed by atoms with Gasteiger partial charge in [0.2, 0.25) is 0 Å².